The van der Waals surface area contributed by atoms with Crippen LogP contribution in [0.15, 0.2) is 30.3 Å². The lowest BCUT2D eigenvalue weighted by Gasteiger charge is -2.18. The Kier molecular flexibility index (Phi) is 5.99. The Bertz CT molecular complexity index is 495. The summed E-state index contributed by atoms with van der Waals surface area (Å²) in [5.41, 5.74) is 1.33. The molecule has 1 unspecified atom stereocenters. The standard InChI is InChI=1S/C16H23N3S/c1-3-5-7-12-14(13-10-8-6-9-11-13)17-16-19-18-15(4-2)20-16/h6,8-11,14H,3-5,7,12H2,1-2H3,(H,17,19). The van der Waals surface area contributed by atoms with Crippen LogP contribution in [0.3, 0.4) is 0 Å². The lowest BCUT2D eigenvalue weighted by atomic mass is 10.0. The molecule has 2 aromatic rings. The molecule has 1 atom stereocenters. The molecule has 4 heteroatoms. The van der Waals surface area contributed by atoms with Crippen molar-refractivity contribution in [3.05, 3.63) is 40.9 Å². The maximum atomic E-state index is 4.24. The number of aromatic nitrogens is 2. The fourth-order valence-corrected chi connectivity index (χ4v) is 2.94. The predicted molar refractivity (Wildman–Crippen MR) is 86.2 cm³/mol. The number of rotatable bonds is 8. The Morgan fingerprint density at radius 2 is 1.90 bits per heavy atom. The van der Waals surface area contributed by atoms with Crippen LogP contribution >= 0.6 is 11.3 Å². The van der Waals surface area contributed by atoms with Crippen LogP contribution in [0, 0.1) is 0 Å². The fourth-order valence-electron chi connectivity index (χ4n) is 2.21. The highest BCUT2D eigenvalue weighted by atomic mass is 32.1. The maximum absolute atomic E-state index is 4.24. The highest BCUT2D eigenvalue weighted by Crippen LogP contribution is 2.26. The monoisotopic (exact) mass is 289 g/mol. The van der Waals surface area contributed by atoms with E-state index in [2.05, 4.69) is 59.7 Å². The summed E-state index contributed by atoms with van der Waals surface area (Å²) in [6.45, 7) is 4.35. The van der Waals surface area contributed by atoms with E-state index >= 15 is 0 Å². The minimum absolute atomic E-state index is 0.334. The molecule has 0 saturated carbocycles. The van der Waals surface area contributed by atoms with Gasteiger partial charge in [-0.15, -0.1) is 10.2 Å². The number of hydrogen-bond acceptors (Lipinski definition) is 4. The molecule has 3 nitrogen and oxygen atoms in total. The summed E-state index contributed by atoms with van der Waals surface area (Å²) in [4.78, 5) is 0. The van der Waals surface area contributed by atoms with Crippen LogP contribution in [0.1, 0.15) is 56.1 Å². The van der Waals surface area contributed by atoms with Gasteiger partial charge in [-0.05, 0) is 18.4 Å². The average molecular weight is 289 g/mol. The van der Waals surface area contributed by atoms with Gasteiger partial charge in [-0.1, -0.05) is 74.8 Å². The van der Waals surface area contributed by atoms with Crippen LogP contribution in [0.4, 0.5) is 5.13 Å². The Hall–Kier alpha value is -1.42. The first kappa shape index (κ1) is 15.0. The van der Waals surface area contributed by atoms with E-state index in [4.69, 9.17) is 0 Å². The molecule has 0 aliphatic carbocycles. The van der Waals surface area contributed by atoms with Gasteiger partial charge in [0, 0.05) is 0 Å². The van der Waals surface area contributed by atoms with Crippen molar-refractivity contribution < 1.29 is 0 Å². The molecule has 0 radical (unpaired) electrons. The van der Waals surface area contributed by atoms with Gasteiger partial charge < -0.3 is 5.32 Å². The van der Waals surface area contributed by atoms with Crippen molar-refractivity contribution >= 4 is 16.5 Å². The van der Waals surface area contributed by atoms with Gasteiger partial charge in [-0.3, -0.25) is 0 Å². The van der Waals surface area contributed by atoms with E-state index in [1.54, 1.807) is 11.3 Å². The van der Waals surface area contributed by atoms with E-state index < -0.39 is 0 Å². The van der Waals surface area contributed by atoms with Gasteiger partial charge in [0.2, 0.25) is 5.13 Å². The second-order valence-electron chi connectivity index (χ2n) is 4.96. The Balaban J connectivity index is 2.05. The number of aryl methyl sites for hydroxylation is 1. The third-order valence-electron chi connectivity index (χ3n) is 3.37. The lowest BCUT2D eigenvalue weighted by molar-refractivity contribution is 0.605. The van der Waals surface area contributed by atoms with E-state index in [-0.39, 0.29) is 0 Å². The SMILES string of the molecule is CCCCCC(Nc1nnc(CC)s1)c1ccccc1. The molecule has 2 rings (SSSR count). The number of benzene rings is 1. The van der Waals surface area contributed by atoms with Crippen LogP contribution in [0.5, 0.6) is 0 Å². The molecule has 1 aromatic carbocycles. The molecule has 20 heavy (non-hydrogen) atoms. The summed E-state index contributed by atoms with van der Waals surface area (Å²) in [6.07, 6.45) is 5.86. The van der Waals surface area contributed by atoms with Crippen molar-refractivity contribution in [2.45, 2.75) is 52.0 Å². The largest absolute Gasteiger partial charge is 0.353 e. The first-order chi connectivity index (χ1) is 9.83. The number of nitrogens with zero attached hydrogens (tertiary/aromatic N) is 2. The topological polar surface area (TPSA) is 37.8 Å². The number of unbranched alkanes of at least 4 members (excludes halogenated alkanes) is 2. The number of nitrogens with one attached hydrogen (secondary N) is 1. The van der Waals surface area contributed by atoms with Crippen molar-refractivity contribution in [2.24, 2.45) is 0 Å². The highest BCUT2D eigenvalue weighted by molar-refractivity contribution is 7.15. The summed E-state index contributed by atoms with van der Waals surface area (Å²) < 4.78 is 0. The van der Waals surface area contributed by atoms with Crippen molar-refractivity contribution in [3.63, 3.8) is 0 Å². The molecule has 0 fully saturated rings. The van der Waals surface area contributed by atoms with Crippen LogP contribution < -0.4 is 5.32 Å². The number of hydrogen-bond donors (Lipinski definition) is 1. The van der Waals surface area contributed by atoms with Crippen molar-refractivity contribution in [1.29, 1.82) is 0 Å². The second-order valence-corrected chi connectivity index (χ2v) is 6.02. The molecule has 0 aliphatic heterocycles. The van der Waals surface area contributed by atoms with Gasteiger partial charge in [-0.2, -0.15) is 0 Å². The number of anilines is 1. The van der Waals surface area contributed by atoms with Crippen LogP contribution in [-0.4, -0.2) is 10.2 Å². The first-order valence-corrected chi connectivity index (χ1v) is 8.29. The summed E-state index contributed by atoms with van der Waals surface area (Å²) in [7, 11) is 0. The van der Waals surface area contributed by atoms with Crippen LogP contribution in [0.2, 0.25) is 0 Å². The summed E-state index contributed by atoms with van der Waals surface area (Å²) >= 11 is 1.66. The maximum Gasteiger partial charge on any atom is 0.206 e. The predicted octanol–water partition coefficient (Wildman–Crippen LogP) is 4.83. The van der Waals surface area contributed by atoms with E-state index in [0.717, 1.165) is 23.0 Å². The van der Waals surface area contributed by atoms with Crippen molar-refractivity contribution in [2.75, 3.05) is 5.32 Å². The Morgan fingerprint density at radius 1 is 1.10 bits per heavy atom. The molecule has 0 bridgehead atoms. The van der Waals surface area contributed by atoms with Crippen molar-refractivity contribution in [3.8, 4) is 0 Å². The van der Waals surface area contributed by atoms with Gasteiger partial charge in [0.05, 0.1) is 6.04 Å². The molecule has 0 aliphatic rings. The van der Waals surface area contributed by atoms with E-state index in [1.165, 1.54) is 24.8 Å². The fraction of sp³-hybridized carbons (Fsp3) is 0.500. The smallest absolute Gasteiger partial charge is 0.206 e. The second kappa shape index (κ2) is 8.00. The third kappa shape index (κ3) is 4.30. The molecular formula is C16H23N3S. The molecule has 108 valence electrons. The van der Waals surface area contributed by atoms with Gasteiger partial charge >= 0.3 is 0 Å². The Morgan fingerprint density at radius 3 is 2.55 bits per heavy atom. The van der Waals surface area contributed by atoms with E-state index in [1.807, 2.05) is 0 Å². The molecule has 0 saturated heterocycles. The zero-order valence-electron chi connectivity index (χ0n) is 12.3. The Labute approximate surface area is 125 Å². The quantitative estimate of drug-likeness (QED) is 0.707. The molecule has 0 amide bonds. The summed E-state index contributed by atoms with van der Waals surface area (Å²) in [6, 6.07) is 11.0. The minimum Gasteiger partial charge on any atom is -0.353 e. The lowest BCUT2D eigenvalue weighted by Crippen LogP contribution is -2.10. The summed E-state index contributed by atoms with van der Waals surface area (Å²) in [5, 5.41) is 14.0. The van der Waals surface area contributed by atoms with E-state index in [9.17, 15) is 0 Å². The third-order valence-corrected chi connectivity index (χ3v) is 4.36. The molecule has 1 aromatic heterocycles. The highest BCUT2D eigenvalue weighted by Gasteiger charge is 2.13. The summed E-state index contributed by atoms with van der Waals surface area (Å²) in [5.74, 6) is 0. The molecule has 1 heterocycles. The molecular weight excluding hydrogens is 266 g/mol. The molecule has 0 spiro atoms. The average Bonchev–Trinajstić information content (AvgIpc) is 2.95. The zero-order chi connectivity index (χ0) is 14.2. The van der Waals surface area contributed by atoms with Crippen molar-refractivity contribution in [1.82, 2.24) is 10.2 Å². The van der Waals surface area contributed by atoms with Gasteiger partial charge in [-0.25, -0.2) is 0 Å². The van der Waals surface area contributed by atoms with Gasteiger partial charge in [0.1, 0.15) is 5.01 Å². The normalized spacial score (nSPS) is 12.3. The minimum atomic E-state index is 0.334. The van der Waals surface area contributed by atoms with Crippen LogP contribution in [0.25, 0.3) is 0 Å². The first-order valence-electron chi connectivity index (χ1n) is 7.47. The van der Waals surface area contributed by atoms with E-state index in [0.29, 0.717) is 6.04 Å². The van der Waals surface area contributed by atoms with Gasteiger partial charge in [0.25, 0.3) is 0 Å². The van der Waals surface area contributed by atoms with Gasteiger partial charge in [0.15, 0.2) is 0 Å². The zero-order valence-corrected chi connectivity index (χ0v) is 13.1. The molecule has 1 N–H and O–H groups in total. The van der Waals surface area contributed by atoms with Crippen LogP contribution in [-0.2, 0) is 6.42 Å².